The third-order valence-corrected chi connectivity index (χ3v) is 3.58. The number of halogens is 1. The lowest BCUT2D eigenvalue weighted by Gasteiger charge is -2.25. The summed E-state index contributed by atoms with van der Waals surface area (Å²) in [7, 11) is 0. The zero-order chi connectivity index (χ0) is 13.6. The van der Waals surface area contributed by atoms with Crippen LogP contribution in [-0.2, 0) is 11.2 Å². The lowest BCUT2D eigenvalue weighted by molar-refractivity contribution is -0.126. The molecule has 3 N–H and O–H groups in total. The Morgan fingerprint density at radius 2 is 1.83 bits per heavy atom. The Kier molecular flexibility index (Phi) is 5.63. The molecule has 100 valence electrons. The Bertz CT molecular complexity index is 385. The minimum atomic E-state index is -0.736. The SMILES string of the molecule is CCC(N)(CC)C(=O)NCCc1ccc(Cl)cc1. The maximum absolute atomic E-state index is 11.9. The number of amides is 1. The first-order valence-electron chi connectivity index (χ1n) is 6.33. The average molecular weight is 269 g/mol. The van der Waals surface area contributed by atoms with Gasteiger partial charge in [-0.25, -0.2) is 0 Å². The number of hydrogen-bond donors (Lipinski definition) is 2. The fourth-order valence-corrected chi connectivity index (χ4v) is 1.84. The molecule has 0 fully saturated rings. The van der Waals surface area contributed by atoms with Crippen LogP contribution in [0.1, 0.15) is 32.3 Å². The van der Waals surface area contributed by atoms with Crippen LogP contribution < -0.4 is 11.1 Å². The largest absolute Gasteiger partial charge is 0.354 e. The molecule has 1 aromatic rings. The van der Waals surface area contributed by atoms with E-state index in [1.807, 2.05) is 38.1 Å². The summed E-state index contributed by atoms with van der Waals surface area (Å²) in [6, 6.07) is 7.63. The topological polar surface area (TPSA) is 55.1 Å². The average Bonchev–Trinajstić information content (AvgIpc) is 2.40. The van der Waals surface area contributed by atoms with Crippen molar-refractivity contribution in [2.24, 2.45) is 5.73 Å². The molecular formula is C14H21ClN2O. The predicted octanol–water partition coefficient (Wildman–Crippen LogP) is 2.52. The molecule has 0 atom stereocenters. The van der Waals surface area contributed by atoms with Crippen molar-refractivity contribution in [3.8, 4) is 0 Å². The molecule has 0 heterocycles. The summed E-state index contributed by atoms with van der Waals surface area (Å²) in [5, 5.41) is 3.61. The van der Waals surface area contributed by atoms with Gasteiger partial charge in [0.05, 0.1) is 5.54 Å². The van der Waals surface area contributed by atoms with Crippen molar-refractivity contribution in [2.75, 3.05) is 6.54 Å². The minimum absolute atomic E-state index is 0.0681. The lowest BCUT2D eigenvalue weighted by Crippen LogP contribution is -2.53. The van der Waals surface area contributed by atoms with Crippen LogP contribution in [0.5, 0.6) is 0 Å². The summed E-state index contributed by atoms with van der Waals surface area (Å²) < 4.78 is 0. The molecule has 0 radical (unpaired) electrons. The van der Waals surface area contributed by atoms with Gasteiger partial charge in [0, 0.05) is 11.6 Å². The van der Waals surface area contributed by atoms with E-state index in [-0.39, 0.29) is 5.91 Å². The van der Waals surface area contributed by atoms with E-state index in [1.165, 1.54) is 0 Å². The number of carbonyl (C=O) groups excluding carboxylic acids is 1. The maximum Gasteiger partial charge on any atom is 0.240 e. The second-order valence-corrected chi connectivity index (χ2v) is 4.93. The van der Waals surface area contributed by atoms with Gasteiger partial charge in [-0.05, 0) is 37.0 Å². The summed E-state index contributed by atoms with van der Waals surface area (Å²) in [5.74, 6) is -0.0681. The molecule has 0 saturated heterocycles. The van der Waals surface area contributed by atoms with Gasteiger partial charge < -0.3 is 11.1 Å². The van der Waals surface area contributed by atoms with E-state index in [0.717, 1.165) is 17.0 Å². The number of benzene rings is 1. The number of nitrogens with two attached hydrogens (primary N) is 1. The highest BCUT2D eigenvalue weighted by Gasteiger charge is 2.29. The third kappa shape index (κ3) is 4.00. The van der Waals surface area contributed by atoms with Crippen LogP contribution in [0.4, 0.5) is 0 Å². The molecule has 3 nitrogen and oxygen atoms in total. The summed E-state index contributed by atoms with van der Waals surface area (Å²) in [5.41, 5.74) is 6.42. The zero-order valence-electron chi connectivity index (χ0n) is 11.0. The molecule has 4 heteroatoms. The summed E-state index contributed by atoms with van der Waals surface area (Å²) in [4.78, 5) is 11.9. The minimum Gasteiger partial charge on any atom is -0.354 e. The first kappa shape index (κ1) is 15.0. The van der Waals surface area contributed by atoms with Gasteiger partial charge in [-0.2, -0.15) is 0 Å². The smallest absolute Gasteiger partial charge is 0.240 e. The van der Waals surface area contributed by atoms with Crippen molar-refractivity contribution < 1.29 is 4.79 Å². The van der Waals surface area contributed by atoms with Crippen LogP contribution in [0, 0.1) is 0 Å². The maximum atomic E-state index is 11.9. The van der Waals surface area contributed by atoms with Gasteiger partial charge in [0.15, 0.2) is 0 Å². The van der Waals surface area contributed by atoms with Crippen LogP contribution in [0.2, 0.25) is 5.02 Å². The van der Waals surface area contributed by atoms with Gasteiger partial charge in [-0.15, -0.1) is 0 Å². The van der Waals surface area contributed by atoms with E-state index in [0.29, 0.717) is 19.4 Å². The van der Waals surface area contributed by atoms with Gasteiger partial charge in [-0.1, -0.05) is 37.6 Å². The van der Waals surface area contributed by atoms with E-state index < -0.39 is 5.54 Å². The molecule has 0 unspecified atom stereocenters. The molecule has 0 aromatic heterocycles. The standard InChI is InChI=1S/C14H21ClN2O/c1-3-14(16,4-2)13(18)17-10-9-11-5-7-12(15)8-6-11/h5-8H,3-4,9-10,16H2,1-2H3,(H,17,18). The van der Waals surface area contributed by atoms with E-state index >= 15 is 0 Å². The molecule has 1 aromatic carbocycles. The number of carbonyl (C=O) groups is 1. The molecule has 0 bridgehead atoms. The van der Waals surface area contributed by atoms with Gasteiger partial charge in [0.1, 0.15) is 0 Å². The van der Waals surface area contributed by atoms with Crippen molar-refractivity contribution in [2.45, 2.75) is 38.6 Å². The second-order valence-electron chi connectivity index (χ2n) is 4.50. The Morgan fingerprint density at radius 1 is 1.28 bits per heavy atom. The van der Waals surface area contributed by atoms with Crippen molar-refractivity contribution >= 4 is 17.5 Å². The molecule has 18 heavy (non-hydrogen) atoms. The summed E-state index contributed by atoms with van der Waals surface area (Å²) in [6.45, 7) is 4.46. The first-order valence-corrected chi connectivity index (χ1v) is 6.71. The van der Waals surface area contributed by atoms with Gasteiger partial charge >= 0.3 is 0 Å². The second kappa shape index (κ2) is 6.76. The van der Waals surface area contributed by atoms with Crippen LogP contribution in [-0.4, -0.2) is 18.0 Å². The van der Waals surface area contributed by atoms with Crippen molar-refractivity contribution in [3.63, 3.8) is 0 Å². The van der Waals surface area contributed by atoms with E-state index in [2.05, 4.69) is 5.32 Å². The predicted molar refractivity (Wildman–Crippen MR) is 75.7 cm³/mol. The fraction of sp³-hybridized carbons (Fsp3) is 0.500. The molecule has 0 saturated carbocycles. The summed E-state index contributed by atoms with van der Waals surface area (Å²) >= 11 is 5.81. The molecule has 1 rings (SSSR count). The lowest BCUT2D eigenvalue weighted by atomic mass is 9.93. The Hall–Kier alpha value is -1.06. The van der Waals surface area contributed by atoms with Crippen LogP contribution in [0.25, 0.3) is 0 Å². The quantitative estimate of drug-likeness (QED) is 0.833. The van der Waals surface area contributed by atoms with Crippen molar-refractivity contribution in [3.05, 3.63) is 34.9 Å². The molecular weight excluding hydrogens is 248 g/mol. The number of hydrogen-bond acceptors (Lipinski definition) is 2. The molecule has 0 aliphatic carbocycles. The Balaban J connectivity index is 2.42. The highest BCUT2D eigenvalue weighted by atomic mass is 35.5. The van der Waals surface area contributed by atoms with E-state index in [1.54, 1.807) is 0 Å². The highest BCUT2D eigenvalue weighted by Crippen LogP contribution is 2.12. The highest BCUT2D eigenvalue weighted by molar-refractivity contribution is 6.30. The number of nitrogens with one attached hydrogen (secondary N) is 1. The molecule has 0 aliphatic heterocycles. The van der Waals surface area contributed by atoms with Crippen LogP contribution in [0.15, 0.2) is 24.3 Å². The molecule has 0 spiro atoms. The Labute approximate surface area is 114 Å². The van der Waals surface area contributed by atoms with Gasteiger partial charge in [0.2, 0.25) is 5.91 Å². The monoisotopic (exact) mass is 268 g/mol. The normalized spacial score (nSPS) is 11.3. The zero-order valence-corrected chi connectivity index (χ0v) is 11.8. The van der Waals surface area contributed by atoms with E-state index in [4.69, 9.17) is 17.3 Å². The van der Waals surface area contributed by atoms with Crippen molar-refractivity contribution in [1.82, 2.24) is 5.32 Å². The van der Waals surface area contributed by atoms with Crippen molar-refractivity contribution in [1.29, 1.82) is 0 Å². The van der Waals surface area contributed by atoms with Crippen LogP contribution in [0.3, 0.4) is 0 Å². The molecule has 1 amide bonds. The molecule has 0 aliphatic rings. The third-order valence-electron chi connectivity index (χ3n) is 3.33. The first-order chi connectivity index (χ1) is 8.51. The Morgan fingerprint density at radius 3 is 2.33 bits per heavy atom. The fourth-order valence-electron chi connectivity index (χ4n) is 1.72. The van der Waals surface area contributed by atoms with E-state index in [9.17, 15) is 4.79 Å². The summed E-state index contributed by atoms with van der Waals surface area (Å²) in [6.07, 6.45) is 2.08. The van der Waals surface area contributed by atoms with Gasteiger partial charge in [-0.3, -0.25) is 4.79 Å². The number of rotatable bonds is 6. The van der Waals surface area contributed by atoms with Crippen LogP contribution >= 0.6 is 11.6 Å². The van der Waals surface area contributed by atoms with Gasteiger partial charge in [0.25, 0.3) is 0 Å².